The van der Waals surface area contributed by atoms with E-state index in [4.69, 9.17) is 14.9 Å². The molecule has 1 rings (SSSR count). The molecule has 1 heterocycles. The van der Waals surface area contributed by atoms with Crippen LogP contribution in [0.1, 0.15) is 0 Å². The number of carboxylic acids is 1. The fourth-order valence-corrected chi connectivity index (χ4v) is 1.87. The molecule has 3 N–H and O–H groups in total. The third-order valence-electron chi connectivity index (χ3n) is 1.71. The summed E-state index contributed by atoms with van der Waals surface area (Å²) >= 11 is 0. The van der Waals surface area contributed by atoms with Crippen LogP contribution in [0.15, 0.2) is 24.5 Å². The Kier molecular flexibility index (Phi) is 4.00. The molecule has 1 aromatic heterocycles. The van der Waals surface area contributed by atoms with Gasteiger partial charge in [-0.15, -0.1) is 0 Å². The van der Waals surface area contributed by atoms with Crippen LogP contribution in [0, 0.1) is 0 Å². The number of pyridine rings is 1. The molecule has 0 aliphatic carbocycles. The lowest BCUT2D eigenvalue weighted by Crippen LogP contribution is -2.30. The molecule has 0 aliphatic rings. The summed E-state index contributed by atoms with van der Waals surface area (Å²) in [5, 5.41) is 8.63. The van der Waals surface area contributed by atoms with Crippen LogP contribution in [0.5, 0.6) is 0 Å². The Morgan fingerprint density at radius 1 is 1.38 bits per heavy atom. The van der Waals surface area contributed by atoms with Crippen LogP contribution in [0.3, 0.4) is 0 Å². The van der Waals surface area contributed by atoms with Crippen molar-refractivity contribution in [2.24, 2.45) is 0 Å². The Balaban J connectivity index is 2.88. The van der Waals surface area contributed by atoms with Crippen LogP contribution in [0.2, 0.25) is 0 Å². The number of aliphatic carboxylic acids is 1. The van der Waals surface area contributed by atoms with E-state index in [-0.39, 0.29) is 0 Å². The van der Waals surface area contributed by atoms with Gasteiger partial charge in [-0.1, -0.05) is 0 Å². The second-order valence-electron chi connectivity index (χ2n) is 3.10. The van der Waals surface area contributed by atoms with E-state index in [1.165, 1.54) is 24.5 Å². The van der Waals surface area contributed by atoms with E-state index in [0.29, 0.717) is 5.69 Å². The quantitative estimate of drug-likeness (QED) is 0.632. The molecule has 88 valence electrons. The normalized spacial score (nSPS) is 11.1. The number of hydrogen-bond acceptors (Lipinski definition) is 4. The largest absolute Gasteiger partial charge is 0.480 e. The topological polar surface area (TPSA) is 111 Å². The first-order valence-electron chi connectivity index (χ1n) is 4.30. The zero-order valence-corrected chi connectivity index (χ0v) is 9.12. The highest BCUT2D eigenvalue weighted by Gasteiger charge is 2.21. The van der Waals surface area contributed by atoms with E-state index in [2.05, 4.69) is 4.98 Å². The molecule has 16 heavy (non-hydrogen) atoms. The standard InChI is InChI=1S/C8H11N2O5P/c11-8(12)5-10(6-16(13,14)15)7-1-3-9-4-2-7/h1-4H,5-6H2,(H,11,12)(H2,13,14,15). The second-order valence-corrected chi connectivity index (χ2v) is 4.72. The Labute approximate surface area is 91.5 Å². The van der Waals surface area contributed by atoms with Crippen molar-refractivity contribution in [2.45, 2.75) is 0 Å². The van der Waals surface area contributed by atoms with Gasteiger partial charge in [-0.2, -0.15) is 0 Å². The number of carboxylic acid groups (broad SMARTS) is 1. The van der Waals surface area contributed by atoms with Gasteiger partial charge in [0.15, 0.2) is 0 Å². The maximum Gasteiger partial charge on any atom is 0.344 e. The van der Waals surface area contributed by atoms with Crippen LogP contribution < -0.4 is 4.90 Å². The maximum atomic E-state index is 10.8. The summed E-state index contributed by atoms with van der Waals surface area (Å²) in [6.45, 7) is -0.477. The molecular formula is C8H11N2O5P. The number of rotatable bonds is 5. The van der Waals surface area contributed by atoms with Gasteiger partial charge in [0.2, 0.25) is 0 Å². The molecule has 7 nitrogen and oxygen atoms in total. The van der Waals surface area contributed by atoms with Crippen LogP contribution in [0.4, 0.5) is 5.69 Å². The van der Waals surface area contributed by atoms with Gasteiger partial charge >= 0.3 is 13.6 Å². The van der Waals surface area contributed by atoms with E-state index in [1.807, 2.05) is 0 Å². The van der Waals surface area contributed by atoms with E-state index >= 15 is 0 Å². The van der Waals surface area contributed by atoms with Crippen molar-refractivity contribution in [3.05, 3.63) is 24.5 Å². The van der Waals surface area contributed by atoms with Crippen molar-refractivity contribution < 1.29 is 24.3 Å². The number of anilines is 1. The van der Waals surface area contributed by atoms with Gasteiger partial charge in [-0.05, 0) is 12.1 Å². The minimum atomic E-state index is -4.30. The maximum absolute atomic E-state index is 10.8. The van der Waals surface area contributed by atoms with Crippen molar-refractivity contribution in [1.29, 1.82) is 0 Å². The molecule has 0 amide bonds. The Morgan fingerprint density at radius 3 is 2.38 bits per heavy atom. The number of nitrogens with zero attached hydrogens (tertiary/aromatic N) is 2. The molecule has 0 unspecified atom stereocenters. The van der Waals surface area contributed by atoms with E-state index < -0.39 is 26.4 Å². The fourth-order valence-electron chi connectivity index (χ4n) is 1.16. The van der Waals surface area contributed by atoms with E-state index in [0.717, 1.165) is 4.90 Å². The van der Waals surface area contributed by atoms with Gasteiger partial charge in [0, 0.05) is 18.1 Å². The van der Waals surface area contributed by atoms with Crippen molar-refractivity contribution >= 4 is 19.3 Å². The smallest absolute Gasteiger partial charge is 0.344 e. The molecule has 0 radical (unpaired) electrons. The highest BCUT2D eigenvalue weighted by molar-refractivity contribution is 7.51. The molecule has 0 bridgehead atoms. The molecule has 0 aliphatic heterocycles. The first-order valence-corrected chi connectivity index (χ1v) is 6.09. The summed E-state index contributed by atoms with van der Waals surface area (Å²) < 4.78 is 10.8. The Bertz CT molecular complexity index is 404. The monoisotopic (exact) mass is 246 g/mol. The van der Waals surface area contributed by atoms with Gasteiger partial charge in [0.05, 0.1) is 0 Å². The van der Waals surface area contributed by atoms with Crippen LogP contribution in [-0.4, -0.2) is 38.7 Å². The molecule has 0 atom stereocenters. The highest BCUT2D eigenvalue weighted by Crippen LogP contribution is 2.36. The Morgan fingerprint density at radius 2 is 1.94 bits per heavy atom. The second kappa shape index (κ2) is 5.07. The predicted molar refractivity (Wildman–Crippen MR) is 56.1 cm³/mol. The van der Waals surface area contributed by atoms with Gasteiger partial charge < -0.3 is 19.8 Å². The van der Waals surface area contributed by atoms with Crippen LogP contribution in [0.25, 0.3) is 0 Å². The van der Waals surface area contributed by atoms with Gasteiger partial charge in [-0.3, -0.25) is 14.3 Å². The van der Waals surface area contributed by atoms with Crippen molar-refractivity contribution in [2.75, 3.05) is 17.7 Å². The summed E-state index contributed by atoms with van der Waals surface area (Å²) in [6.07, 6.45) is 2.21. The molecule has 0 saturated carbocycles. The molecule has 0 spiro atoms. The van der Waals surface area contributed by atoms with Gasteiger partial charge in [0.1, 0.15) is 12.8 Å². The lowest BCUT2D eigenvalue weighted by Gasteiger charge is -2.22. The third-order valence-corrected chi connectivity index (χ3v) is 2.42. The summed E-state index contributed by atoms with van der Waals surface area (Å²) in [7, 11) is -4.30. The molecule has 0 aromatic carbocycles. The molecule has 0 saturated heterocycles. The van der Waals surface area contributed by atoms with Gasteiger partial charge in [-0.25, -0.2) is 0 Å². The predicted octanol–water partition coefficient (Wildman–Crippen LogP) is 0.108. The van der Waals surface area contributed by atoms with Crippen molar-refractivity contribution in [1.82, 2.24) is 4.98 Å². The zero-order valence-electron chi connectivity index (χ0n) is 8.22. The SMILES string of the molecule is O=C(O)CN(CP(=O)(O)O)c1ccncc1. The lowest BCUT2D eigenvalue weighted by atomic mass is 10.3. The Hall–Kier alpha value is -1.43. The summed E-state index contributed by atoms with van der Waals surface area (Å²) in [6, 6.07) is 2.97. The summed E-state index contributed by atoms with van der Waals surface area (Å²) in [5.41, 5.74) is 0.403. The number of aromatic nitrogens is 1. The molecular weight excluding hydrogens is 235 g/mol. The highest BCUT2D eigenvalue weighted by atomic mass is 31.2. The molecule has 1 aromatic rings. The number of carbonyl (C=O) groups is 1. The van der Waals surface area contributed by atoms with Crippen molar-refractivity contribution in [3.8, 4) is 0 Å². The average molecular weight is 246 g/mol. The average Bonchev–Trinajstić information content (AvgIpc) is 2.15. The molecule has 0 fully saturated rings. The van der Waals surface area contributed by atoms with Crippen LogP contribution >= 0.6 is 7.60 Å². The van der Waals surface area contributed by atoms with E-state index in [1.54, 1.807) is 0 Å². The summed E-state index contributed by atoms with van der Waals surface area (Å²) in [5.74, 6) is -1.16. The van der Waals surface area contributed by atoms with E-state index in [9.17, 15) is 9.36 Å². The first kappa shape index (κ1) is 12.6. The lowest BCUT2D eigenvalue weighted by molar-refractivity contribution is -0.135. The molecule has 8 heteroatoms. The number of hydrogen-bond donors (Lipinski definition) is 3. The zero-order chi connectivity index (χ0) is 12.2. The minimum absolute atomic E-state index is 0.403. The van der Waals surface area contributed by atoms with Gasteiger partial charge in [0.25, 0.3) is 0 Å². The minimum Gasteiger partial charge on any atom is -0.480 e. The first-order chi connectivity index (χ1) is 7.38. The van der Waals surface area contributed by atoms with Crippen molar-refractivity contribution in [3.63, 3.8) is 0 Å². The fraction of sp³-hybridized carbons (Fsp3) is 0.250. The summed E-state index contributed by atoms with van der Waals surface area (Å²) in [4.78, 5) is 33.0. The van der Waals surface area contributed by atoms with Crippen LogP contribution in [-0.2, 0) is 9.36 Å². The third kappa shape index (κ3) is 4.39.